The third-order valence-electron chi connectivity index (χ3n) is 4.27. The number of carbonyl (C=O) groups is 3. The van der Waals surface area contributed by atoms with Gasteiger partial charge in [-0.3, -0.25) is 14.5 Å². The van der Waals surface area contributed by atoms with Gasteiger partial charge in [-0.25, -0.2) is 4.79 Å². The third kappa shape index (κ3) is 3.34. The number of nitrogens with zero attached hydrogens (tertiary/aromatic N) is 2. The Labute approximate surface area is 124 Å². The Morgan fingerprint density at radius 2 is 1.95 bits per heavy atom. The normalized spacial score (nSPS) is 22.1. The minimum Gasteiger partial charge on any atom is -0.480 e. The van der Waals surface area contributed by atoms with Gasteiger partial charge in [0, 0.05) is 13.1 Å². The fraction of sp³-hybridized carbons (Fsp3) is 0.786. The van der Waals surface area contributed by atoms with Crippen molar-refractivity contribution in [3.05, 3.63) is 0 Å². The number of aliphatic carboxylic acids is 1. The summed E-state index contributed by atoms with van der Waals surface area (Å²) < 4.78 is 0. The SMILES string of the molecule is CC(C)CCN1CCC2(CC1)NC(=O)N(CC(=O)O)C2=O. The molecule has 2 aliphatic heterocycles. The van der Waals surface area contributed by atoms with Crippen LogP contribution in [0.15, 0.2) is 0 Å². The second kappa shape index (κ2) is 6.01. The monoisotopic (exact) mass is 297 g/mol. The molecule has 2 saturated heterocycles. The molecule has 0 radical (unpaired) electrons. The highest BCUT2D eigenvalue weighted by Gasteiger charge is 2.52. The number of urea groups is 1. The highest BCUT2D eigenvalue weighted by Crippen LogP contribution is 2.29. The van der Waals surface area contributed by atoms with Gasteiger partial charge in [0.25, 0.3) is 5.91 Å². The van der Waals surface area contributed by atoms with Crippen molar-refractivity contribution in [1.29, 1.82) is 0 Å². The highest BCUT2D eigenvalue weighted by molar-refractivity contribution is 6.08. The van der Waals surface area contributed by atoms with Crippen LogP contribution in [0.5, 0.6) is 0 Å². The summed E-state index contributed by atoms with van der Waals surface area (Å²) in [6.45, 7) is 6.28. The summed E-state index contributed by atoms with van der Waals surface area (Å²) in [6.07, 6.45) is 2.20. The molecule has 2 rings (SSSR count). The van der Waals surface area contributed by atoms with Crippen molar-refractivity contribution < 1.29 is 19.5 Å². The average Bonchev–Trinajstić information content (AvgIpc) is 2.62. The maximum atomic E-state index is 12.4. The second-order valence-corrected chi connectivity index (χ2v) is 6.32. The van der Waals surface area contributed by atoms with Crippen LogP contribution >= 0.6 is 0 Å². The van der Waals surface area contributed by atoms with E-state index in [-0.39, 0.29) is 0 Å². The summed E-state index contributed by atoms with van der Waals surface area (Å²) in [7, 11) is 0. The van der Waals surface area contributed by atoms with Crippen molar-refractivity contribution in [3.63, 3.8) is 0 Å². The summed E-state index contributed by atoms with van der Waals surface area (Å²) in [5, 5.41) is 11.5. The molecule has 7 heteroatoms. The number of nitrogens with one attached hydrogen (secondary N) is 1. The van der Waals surface area contributed by atoms with E-state index in [9.17, 15) is 14.4 Å². The van der Waals surface area contributed by atoms with Crippen molar-refractivity contribution >= 4 is 17.9 Å². The number of hydrogen-bond donors (Lipinski definition) is 2. The van der Waals surface area contributed by atoms with E-state index in [1.165, 1.54) is 0 Å². The molecule has 2 heterocycles. The molecule has 0 aromatic heterocycles. The van der Waals surface area contributed by atoms with Gasteiger partial charge in [0.05, 0.1) is 0 Å². The van der Waals surface area contributed by atoms with Gasteiger partial charge in [0.1, 0.15) is 12.1 Å². The fourth-order valence-electron chi connectivity index (χ4n) is 2.89. The van der Waals surface area contributed by atoms with E-state index < -0.39 is 30.0 Å². The summed E-state index contributed by atoms with van der Waals surface area (Å²) in [5.74, 6) is -0.928. The van der Waals surface area contributed by atoms with Crippen LogP contribution in [0.2, 0.25) is 0 Å². The molecule has 0 unspecified atom stereocenters. The minimum atomic E-state index is -1.18. The average molecular weight is 297 g/mol. The van der Waals surface area contributed by atoms with Gasteiger partial charge >= 0.3 is 12.0 Å². The first-order chi connectivity index (χ1) is 9.84. The summed E-state index contributed by atoms with van der Waals surface area (Å²) >= 11 is 0. The number of rotatable bonds is 5. The Bertz CT molecular complexity index is 442. The molecule has 7 nitrogen and oxygen atoms in total. The van der Waals surface area contributed by atoms with Crippen molar-refractivity contribution in [3.8, 4) is 0 Å². The van der Waals surface area contributed by atoms with Gasteiger partial charge in [-0.1, -0.05) is 13.8 Å². The Balaban J connectivity index is 1.95. The zero-order chi connectivity index (χ0) is 15.6. The molecule has 2 fully saturated rings. The second-order valence-electron chi connectivity index (χ2n) is 6.32. The Morgan fingerprint density at radius 1 is 1.33 bits per heavy atom. The summed E-state index contributed by atoms with van der Waals surface area (Å²) in [4.78, 5) is 38.0. The first-order valence-electron chi connectivity index (χ1n) is 7.42. The number of hydrogen-bond acceptors (Lipinski definition) is 4. The molecule has 0 aliphatic carbocycles. The molecule has 2 aliphatic rings. The number of piperidine rings is 1. The number of carboxylic acids is 1. The van der Waals surface area contributed by atoms with E-state index in [1.54, 1.807) is 0 Å². The van der Waals surface area contributed by atoms with Gasteiger partial charge in [0.15, 0.2) is 0 Å². The van der Waals surface area contributed by atoms with Gasteiger partial charge in [0.2, 0.25) is 0 Å². The molecule has 0 atom stereocenters. The largest absolute Gasteiger partial charge is 0.480 e. The molecule has 0 aromatic carbocycles. The lowest BCUT2D eigenvalue weighted by Gasteiger charge is -2.37. The van der Waals surface area contributed by atoms with Crippen LogP contribution in [0.1, 0.15) is 33.1 Å². The molecule has 1 spiro atoms. The number of carbonyl (C=O) groups excluding carboxylic acids is 2. The van der Waals surface area contributed by atoms with E-state index in [0.29, 0.717) is 18.8 Å². The number of amides is 3. The summed E-state index contributed by atoms with van der Waals surface area (Å²) in [5.41, 5.74) is -0.888. The zero-order valence-corrected chi connectivity index (χ0v) is 12.6. The van der Waals surface area contributed by atoms with E-state index in [1.807, 2.05) is 0 Å². The molecule has 118 valence electrons. The lowest BCUT2D eigenvalue weighted by molar-refractivity contribution is -0.143. The van der Waals surface area contributed by atoms with E-state index in [0.717, 1.165) is 31.0 Å². The van der Waals surface area contributed by atoms with E-state index in [2.05, 4.69) is 24.1 Å². The van der Waals surface area contributed by atoms with E-state index in [4.69, 9.17) is 5.11 Å². The molecule has 21 heavy (non-hydrogen) atoms. The molecular weight excluding hydrogens is 274 g/mol. The summed E-state index contributed by atoms with van der Waals surface area (Å²) in [6, 6.07) is -0.585. The zero-order valence-electron chi connectivity index (χ0n) is 12.6. The van der Waals surface area contributed by atoms with Crippen LogP contribution in [-0.2, 0) is 9.59 Å². The van der Waals surface area contributed by atoms with Crippen molar-refractivity contribution in [2.75, 3.05) is 26.2 Å². The first-order valence-corrected chi connectivity index (χ1v) is 7.42. The Kier molecular flexibility index (Phi) is 4.51. The standard InChI is InChI=1S/C14H23N3O4/c1-10(2)3-6-16-7-4-14(5-8-16)12(20)17(9-11(18)19)13(21)15-14/h10H,3-9H2,1-2H3,(H,15,21)(H,18,19). The predicted molar refractivity (Wildman–Crippen MR) is 75.7 cm³/mol. The van der Waals surface area contributed by atoms with Gasteiger partial charge in [-0.2, -0.15) is 0 Å². The molecule has 0 saturated carbocycles. The quantitative estimate of drug-likeness (QED) is 0.721. The molecule has 3 amide bonds. The smallest absolute Gasteiger partial charge is 0.325 e. The predicted octanol–water partition coefficient (Wildman–Crippen LogP) is 0.504. The Morgan fingerprint density at radius 3 is 2.48 bits per heavy atom. The van der Waals surface area contributed by atoms with Crippen LogP contribution in [0, 0.1) is 5.92 Å². The number of carboxylic acid groups (broad SMARTS) is 1. The molecule has 0 bridgehead atoms. The van der Waals surface area contributed by atoms with Crippen LogP contribution in [0.25, 0.3) is 0 Å². The minimum absolute atomic E-state index is 0.390. The van der Waals surface area contributed by atoms with Crippen LogP contribution in [-0.4, -0.2) is 64.5 Å². The van der Waals surface area contributed by atoms with Gasteiger partial charge < -0.3 is 15.3 Å². The highest BCUT2D eigenvalue weighted by atomic mass is 16.4. The lowest BCUT2D eigenvalue weighted by Crippen LogP contribution is -2.55. The van der Waals surface area contributed by atoms with Crippen LogP contribution in [0.3, 0.4) is 0 Å². The van der Waals surface area contributed by atoms with Gasteiger partial charge in [-0.05, 0) is 31.7 Å². The number of likely N-dealkylation sites (tertiary alicyclic amines) is 1. The molecule has 2 N–H and O–H groups in total. The van der Waals surface area contributed by atoms with Crippen molar-refractivity contribution in [2.45, 2.75) is 38.6 Å². The third-order valence-corrected chi connectivity index (χ3v) is 4.27. The number of imide groups is 1. The van der Waals surface area contributed by atoms with Gasteiger partial charge in [-0.15, -0.1) is 0 Å². The maximum Gasteiger partial charge on any atom is 0.325 e. The van der Waals surface area contributed by atoms with E-state index >= 15 is 0 Å². The van der Waals surface area contributed by atoms with Crippen LogP contribution < -0.4 is 5.32 Å². The molecular formula is C14H23N3O4. The lowest BCUT2D eigenvalue weighted by atomic mass is 9.87. The fourth-order valence-corrected chi connectivity index (χ4v) is 2.89. The van der Waals surface area contributed by atoms with Crippen LogP contribution in [0.4, 0.5) is 4.79 Å². The Hall–Kier alpha value is -1.63. The van der Waals surface area contributed by atoms with Crippen molar-refractivity contribution in [2.24, 2.45) is 5.92 Å². The maximum absolute atomic E-state index is 12.4. The topological polar surface area (TPSA) is 90.0 Å². The first kappa shape index (κ1) is 15.8. The molecule has 0 aromatic rings. The van der Waals surface area contributed by atoms with Crippen molar-refractivity contribution in [1.82, 2.24) is 15.1 Å².